The van der Waals surface area contributed by atoms with Crippen molar-refractivity contribution in [3.8, 4) is 0 Å². The normalized spacial score (nSPS) is 11.9. The molecule has 0 unspecified atom stereocenters. The maximum Gasteiger partial charge on any atom is 0.251 e. The lowest BCUT2D eigenvalue weighted by Crippen LogP contribution is -2.45. The van der Waals surface area contributed by atoms with E-state index < -0.39 is 11.9 Å². The molecule has 0 radical (unpaired) electrons. The average molecular weight is 470 g/mol. The minimum atomic E-state index is -1.05. The summed E-state index contributed by atoms with van der Waals surface area (Å²) < 4.78 is 12.5. The first kappa shape index (κ1) is 22.1. The van der Waals surface area contributed by atoms with E-state index in [1.54, 1.807) is 24.3 Å². The highest BCUT2D eigenvalue weighted by Crippen LogP contribution is 2.29. The van der Waals surface area contributed by atoms with Crippen molar-refractivity contribution in [1.29, 1.82) is 0 Å². The third-order valence-corrected chi connectivity index (χ3v) is 5.62. The van der Waals surface area contributed by atoms with Gasteiger partial charge >= 0.3 is 0 Å². The predicted octanol–water partition coefficient (Wildman–Crippen LogP) is 4.02. The number of anilines is 1. The van der Waals surface area contributed by atoms with Gasteiger partial charge in [-0.15, -0.1) is 5.10 Å². The number of hydrogen-bond acceptors (Lipinski definition) is 6. The van der Waals surface area contributed by atoms with Crippen molar-refractivity contribution in [3.63, 3.8) is 0 Å². The van der Waals surface area contributed by atoms with Crippen LogP contribution >= 0.6 is 0 Å². The Morgan fingerprint density at radius 1 is 0.971 bits per heavy atom. The number of carbonyl (C=O) groups is 2. The zero-order valence-electron chi connectivity index (χ0n) is 19.0. The second kappa shape index (κ2) is 9.68. The van der Waals surface area contributed by atoms with Crippen molar-refractivity contribution in [2.24, 2.45) is 0 Å². The van der Waals surface area contributed by atoms with Crippen molar-refractivity contribution in [2.75, 3.05) is 4.90 Å². The fourth-order valence-electron chi connectivity index (χ4n) is 3.89. The molecule has 35 heavy (non-hydrogen) atoms. The second-order valence-electron chi connectivity index (χ2n) is 8.05. The van der Waals surface area contributed by atoms with Crippen LogP contribution < -0.4 is 10.2 Å². The Morgan fingerprint density at radius 2 is 1.74 bits per heavy atom. The number of aromatic nitrogens is 3. The van der Waals surface area contributed by atoms with Crippen LogP contribution in [0.3, 0.4) is 0 Å². The molecule has 0 aliphatic carbocycles. The van der Waals surface area contributed by atoms with Crippen molar-refractivity contribution < 1.29 is 18.4 Å². The molecule has 176 valence electrons. The maximum absolute atomic E-state index is 13.8. The Bertz CT molecular complexity index is 1420. The summed E-state index contributed by atoms with van der Waals surface area (Å²) in [6.45, 7) is 2.02. The van der Waals surface area contributed by atoms with Crippen LogP contribution in [-0.4, -0.2) is 26.8 Å². The molecular formula is C26H23N5O4. The van der Waals surface area contributed by atoms with Gasteiger partial charge in [0.25, 0.3) is 5.91 Å². The molecule has 9 nitrogen and oxygen atoms in total. The molecule has 2 aromatic carbocycles. The largest absolute Gasteiger partial charge is 0.467 e. The summed E-state index contributed by atoms with van der Waals surface area (Å²) in [6, 6.07) is 20.6. The monoisotopic (exact) mass is 469 g/mol. The van der Waals surface area contributed by atoms with Gasteiger partial charge in [0.05, 0.1) is 24.6 Å². The molecule has 9 heteroatoms. The van der Waals surface area contributed by atoms with Gasteiger partial charge in [-0.3, -0.25) is 14.5 Å². The Balaban J connectivity index is 1.51. The van der Waals surface area contributed by atoms with Crippen LogP contribution in [0.2, 0.25) is 0 Å². The van der Waals surface area contributed by atoms with E-state index in [2.05, 4.69) is 15.6 Å². The molecule has 5 aromatic rings. The number of para-hydroxylation sites is 1. The highest BCUT2D eigenvalue weighted by atomic mass is 16.3. The smallest absolute Gasteiger partial charge is 0.251 e. The van der Waals surface area contributed by atoms with E-state index in [4.69, 9.17) is 8.83 Å². The zero-order valence-corrected chi connectivity index (χ0v) is 19.0. The molecule has 0 aliphatic rings. The number of nitrogens with zero attached hydrogens (tertiary/aromatic N) is 4. The third-order valence-electron chi connectivity index (χ3n) is 5.62. The van der Waals surface area contributed by atoms with Crippen molar-refractivity contribution in [3.05, 3.63) is 102 Å². The molecule has 0 aliphatic heterocycles. The van der Waals surface area contributed by atoms with Crippen molar-refractivity contribution >= 4 is 28.5 Å². The van der Waals surface area contributed by atoms with Crippen LogP contribution in [0.25, 0.3) is 11.0 Å². The molecule has 3 heterocycles. The van der Waals surface area contributed by atoms with Gasteiger partial charge in [0.15, 0.2) is 6.04 Å². The number of nitrogens with one attached hydrogen (secondary N) is 1. The summed E-state index contributed by atoms with van der Waals surface area (Å²) in [6.07, 6.45) is 3.01. The van der Waals surface area contributed by atoms with Crippen LogP contribution in [0.15, 0.2) is 94.2 Å². The van der Waals surface area contributed by atoms with Gasteiger partial charge in [0.2, 0.25) is 5.91 Å². The van der Waals surface area contributed by atoms with Crippen LogP contribution in [-0.2, 0) is 22.7 Å². The SMILES string of the molecule is Cc1ccc(N(C(=O)Cn2nnc3ccccc32)[C@H](C(=O)NCc2ccco2)c2ccco2)cc1. The summed E-state index contributed by atoms with van der Waals surface area (Å²) >= 11 is 0. The molecule has 0 saturated heterocycles. The average Bonchev–Trinajstić information content (AvgIpc) is 3.65. The summed E-state index contributed by atoms with van der Waals surface area (Å²) in [5.41, 5.74) is 2.99. The quantitative estimate of drug-likeness (QED) is 0.368. The fraction of sp³-hybridized carbons (Fsp3) is 0.154. The molecule has 1 atom stereocenters. The van der Waals surface area contributed by atoms with Gasteiger partial charge in [-0.25, -0.2) is 4.68 Å². The van der Waals surface area contributed by atoms with E-state index in [1.807, 2.05) is 55.5 Å². The summed E-state index contributed by atoms with van der Waals surface area (Å²) in [7, 11) is 0. The molecule has 0 spiro atoms. The minimum absolute atomic E-state index is 0.114. The van der Waals surface area contributed by atoms with E-state index in [-0.39, 0.29) is 19.0 Å². The fourth-order valence-corrected chi connectivity index (χ4v) is 3.89. The second-order valence-corrected chi connectivity index (χ2v) is 8.05. The number of fused-ring (bicyclic) bond motifs is 1. The molecular weight excluding hydrogens is 446 g/mol. The van der Waals surface area contributed by atoms with E-state index >= 15 is 0 Å². The van der Waals surface area contributed by atoms with Gasteiger partial charge in [-0.1, -0.05) is 35.0 Å². The Morgan fingerprint density at radius 3 is 2.49 bits per heavy atom. The highest BCUT2D eigenvalue weighted by molar-refractivity contribution is 6.01. The lowest BCUT2D eigenvalue weighted by molar-refractivity contribution is -0.127. The van der Waals surface area contributed by atoms with Gasteiger partial charge in [-0.05, 0) is 55.5 Å². The van der Waals surface area contributed by atoms with Crippen LogP contribution in [0.5, 0.6) is 0 Å². The maximum atomic E-state index is 13.8. The molecule has 5 rings (SSSR count). The van der Waals surface area contributed by atoms with Gasteiger partial charge in [0, 0.05) is 5.69 Å². The van der Waals surface area contributed by atoms with E-state index in [0.29, 0.717) is 22.7 Å². The molecule has 0 saturated carbocycles. The molecule has 0 bridgehead atoms. The first-order valence-electron chi connectivity index (χ1n) is 11.1. The van der Waals surface area contributed by atoms with E-state index in [0.717, 1.165) is 11.1 Å². The van der Waals surface area contributed by atoms with E-state index in [1.165, 1.54) is 22.1 Å². The van der Waals surface area contributed by atoms with E-state index in [9.17, 15) is 9.59 Å². The lowest BCUT2D eigenvalue weighted by atomic mass is 10.1. The third kappa shape index (κ3) is 4.70. The number of benzene rings is 2. The Labute approximate surface area is 200 Å². The summed E-state index contributed by atoms with van der Waals surface area (Å²) in [5.74, 6) is 0.172. The standard InChI is InChI=1S/C26H23N5O4/c1-18-10-12-19(13-11-18)31(24(32)17-30-22-8-3-2-7-21(22)28-29-30)25(23-9-5-15-35-23)26(33)27-16-20-6-4-14-34-20/h2-15,25H,16-17H2,1H3,(H,27,33)/t25-/m0/s1. The van der Waals surface area contributed by atoms with Crippen LogP contribution in [0, 0.1) is 6.92 Å². The van der Waals surface area contributed by atoms with Crippen LogP contribution in [0.1, 0.15) is 23.1 Å². The topological polar surface area (TPSA) is 106 Å². The minimum Gasteiger partial charge on any atom is -0.467 e. The van der Waals surface area contributed by atoms with Gasteiger partial charge in [-0.2, -0.15) is 0 Å². The number of hydrogen-bond donors (Lipinski definition) is 1. The lowest BCUT2D eigenvalue weighted by Gasteiger charge is -2.30. The number of amides is 2. The number of aryl methyl sites for hydroxylation is 1. The summed E-state index contributed by atoms with van der Waals surface area (Å²) in [5, 5.41) is 11.1. The number of furan rings is 2. The molecule has 2 amide bonds. The van der Waals surface area contributed by atoms with Gasteiger partial charge in [0.1, 0.15) is 23.6 Å². The highest BCUT2D eigenvalue weighted by Gasteiger charge is 2.35. The predicted molar refractivity (Wildman–Crippen MR) is 128 cm³/mol. The number of rotatable bonds is 8. The van der Waals surface area contributed by atoms with Gasteiger partial charge < -0.3 is 14.2 Å². The summed E-state index contributed by atoms with van der Waals surface area (Å²) in [4.78, 5) is 28.7. The zero-order chi connectivity index (χ0) is 24.2. The Kier molecular flexibility index (Phi) is 6.13. The van der Waals surface area contributed by atoms with Crippen LogP contribution in [0.4, 0.5) is 5.69 Å². The van der Waals surface area contributed by atoms with Crippen molar-refractivity contribution in [2.45, 2.75) is 26.1 Å². The molecule has 0 fully saturated rings. The number of carbonyl (C=O) groups excluding carboxylic acids is 2. The first-order valence-corrected chi connectivity index (χ1v) is 11.1. The first-order chi connectivity index (χ1) is 17.1. The van der Waals surface area contributed by atoms with Crippen molar-refractivity contribution in [1.82, 2.24) is 20.3 Å². The Hall–Kier alpha value is -4.66. The molecule has 1 N–H and O–H groups in total. The molecule has 3 aromatic heterocycles.